The molecule has 0 saturated carbocycles. The molecule has 2 N–H and O–H groups in total. The first-order valence-corrected chi connectivity index (χ1v) is 10.4. The molecule has 6 nitrogen and oxygen atoms in total. The number of halogens is 1. The van der Waals surface area contributed by atoms with Crippen molar-refractivity contribution in [2.75, 3.05) is 5.32 Å². The van der Waals surface area contributed by atoms with Gasteiger partial charge in [0.2, 0.25) is 16.9 Å². The Bertz CT molecular complexity index is 962. The Hall–Kier alpha value is -2.58. The summed E-state index contributed by atoms with van der Waals surface area (Å²) in [4.78, 5) is 24.6. The second kappa shape index (κ2) is 9.57. The van der Waals surface area contributed by atoms with Gasteiger partial charge in [-0.2, -0.15) is 0 Å². The highest BCUT2D eigenvalue weighted by atomic mass is 79.9. The van der Waals surface area contributed by atoms with E-state index in [0.717, 1.165) is 15.6 Å². The van der Waals surface area contributed by atoms with Gasteiger partial charge in [0, 0.05) is 22.9 Å². The van der Waals surface area contributed by atoms with E-state index in [1.807, 2.05) is 54.6 Å². The maximum absolute atomic E-state index is 12.8. The van der Waals surface area contributed by atoms with Crippen LogP contribution >= 0.6 is 27.3 Å². The Morgan fingerprint density at radius 3 is 2.61 bits per heavy atom. The molecule has 8 heteroatoms. The van der Waals surface area contributed by atoms with E-state index < -0.39 is 6.04 Å². The van der Waals surface area contributed by atoms with Crippen LogP contribution < -0.4 is 10.6 Å². The van der Waals surface area contributed by atoms with E-state index in [4.69, 9.17) is 0 Å². The summed E-state index contributed by atoms with van der Waals surface area (Å²) in [7, 11) is 0. The number of hydrogen-bond acceptors (Lipinski definition) is 5. The SMILES string of the molecule is CCC(=O)NC(Cc1ccccc1)C(=O)Nc1nnc(-c2cccc(Br)c2)s1. The zero-order valence-electron chi connectivity index (χ0n) is 15.2. The van der Waals surface area contributed by atoms with E-state index in [1.165, 1.54) is 11.3 Å². The van der Waals surface area contributed by atoms with Crippen LogP contribution in [0.15, 0.2) is 59.1 Å². The fraction of sp³-hybridized carbons (Fsp3) is 0.200. The second-order valence-electron chi connectivity index (χ2n) is 6.08. The van der Waals surface area contributed by atoms with Crippen LogP contribution in [0.25, 0.3) is 10.6 Å². The first-order valence-electron chi connectivity index (χ1n) is 8.78. The Kier molecular flexibility index (Phi) is 6.89. The lowest BCUT2D eigenvalue weighted by atomic mass is 10.1. The van der Waals surface area contributed by atoms with Gasteiger partial charge in [0.15, 0.2) is 0 Å². The van der Waals surface area contributed by atoms with Gasteiger partial charge in [-0.05, 0) is 17.7 Å². The minimum absolute atomic E-state index is 0.178. The number of benzene rings is 2. The van der Waals surface area contributed by atoms with Crippen molar-refractivity contribution < 1.29 is 9.59 Å². The van der Waals surface area contributed by atoms with Crippen LogP contribution in [0.2, 0.25) is 0 Å². The molecule has 0 spiro atoms. The minimum Gasteiger partial charge on any atom is -0.344 e. The van der Waals surface area contributed by atoms with Crippen molar-refractivity contribution in [3.05, 3.63) is 64.6 Å². The number of carbonyl (C=O) groups is 2. The van der Waals surface area contributed by atoms with Gasteiger partial charge in [-0.1, -0.05) is 76.7 Å². The number of aromatic nitrogens is 2. The molecule has 2 aromatic carbocycles. The Labute approximate surface area is 175 Å². The standard InChI is InChI=1S/C20H19BrN4O2S/c1-2-17(26)22-16(11-13-7-4-3-5-8-13)18(27)23-20-25-24-19(28-20)14-9-6-10-15(21)12-14/h3-10,12,16H,2,11H2,1H3,(H,22,26)(H,23,25,27). The minimum atomic E-state index is -0.687. The van der Waals surface area contributed by atoms with Crippen LogP contribution in [-0.4, -0.2) is 28.1 Å². The molecule has 0 saturated heterocycles. The van der Waals surface area contributed by atoms with Crippen LogP contribution in [0.3, 0.4) is 0 Å². The maximum Gasteiger partial charge on any atom is 0.249 e. The highest BCUT2D eigenvalue weighted by Gasteiger charge is 2.22. The van der Waals surface area contributed by atoms with E-state index in [9.17, 15) is 9.59 Å². The number of nitrogens with one attached hydrogen (secondary N) is 2. The predicted molar refractivity (Wildman–Crippen MR) is 114 cm³/mol. The zero-order chi connectivity index (χ0) is 19.9. The molecule has 3 rings (SSSR count). The summed E-state index contributed by atoms with van der Waals surface area (Å²) in [5, 5.41) is 14.9. The van der Waals surface area contributed by atoms with E-state index in [2.05, 4.69) is 36.8 Å². The summed E-state index contributed by atoms with van der Waals surface area (Å²) >= 11 is 4.72. The van der Waals surface area contributed by atoms with Gasteiger partial charge in [-0.3, -0.25) is 14.9 Å². The highest BCUT2D eigenvalue weighted by molar-refractivity contribution is 9.10. The van der Waals surface area contributed by atoms with E-state index in [-0.39, 0.29) is 11.8 Å². The average Bonchev–Trinajstić information content (AvgIpc) is 3.16. The second-order valence-corrected chi connectivity index (χ2v) is 7.97. The molecule has 0 fully saturated rings. The monoisotopic (exact) mass is 458 g/mol. The average molecular weight is 459 g/mol. The van der Waals surface area contributed by atoms with Crippen molar-refractivity contribution in [1.29, 1.82) is 0 Å². The largest absolute Gasteiger partial charge is 0.344 e. The molecule has 28 heavy (non-hydrogen) atoms. The summed E-state index contributed by atoms with van der Waals surface area (Å²) in [6.07, 6.45) is 0.708. The van der Waals surface area contributed by atoms with E-state index in [0.29, 0.717) is 23.0 Å². The molecule has 2 amide bonds. The number of amides is 2. The summed E-state index contributed by atoms with van der Waals surface area (Å²) in [6.45, 7) is 1.75. The topological polar surface area (TPSA) is 84.0 Å². The lowest BCUT2D eigenvalue weighted by molar-refractivity contribution is -0.126. The molecule has 0 aliphatic rings. The summed E-state index contributed by atoms with van der Waals surface area (Å²) in [5.74, 6) is -0.495. The van der Waals surface area contributed by atoms with Crippen LogP contribution in [0.1, 0.15) is 18.9 Å². The summed E-state index contributed by atoms with van der Waals surface area (Å²) in [5.41, 5.74) is 1.87. The number of rotatable bonds is 7. The Balaban J connectivity index is 1.73. The molecule has 0 aliphatic carbocycles. The van der Waals surface area contributed by atoms with Crippen LogP contribution in [0.4, 0.5) is 5.13 Å². The molecule has 0 radical (unpaired) electrons. The smallest absolute Gasteiger partial charge is 0.249 e. The van der Waals surface area contributed by atoms with Crippen LogP contribution in [0, 0.1) is 0 Å². The van der Waals surface area contributed by atoms with Gasteiger partial charge >= 0.3 is 0 Å². The molecule has 1 heterocycles. The van der Waals surface area contributed by atoms with Gasteiger partial charge in [0.05, 0.1) is 0 Å². The van der Waals surface area contributed by atoms with E-state index in [1.54, 1.807) is 6.92 Å². The molecule has 144 valence electrons. The third-order valence-electron chi connectivity index (χ3n) is 3.98. The third-order valence-corrected chi connectivity index (χ3v) is 5.36. The zero-order valence-corrected chi connectivity index (χ0v) is 17.6. The number of anilines is 1. The van der Waals surface area contributed by atoms with Crippen LogP contribution in [0.5, 0.6) is 0 Å². The quantitative estimate of drug-likeness (QED) is 0.559. The third kappa shape index (κ3) is 5.46. The first kappa shape index (κ1) is 20.2. The molecule has 3 aromatic rings. The van der Waals surface area contributed by atoms with Crippen molar-refractivity contribution in [2.24, 2.45) is 0 Å². The number of hydrogen-bond donors (Lipinski definition) is 2. The fourth-order valence-electron chi connectivity index (χ4n) is 2.56. The molecule has 1 unspecified atom stereocenters. The summed E-state index contributed by atoms with van der Waals surface area (Å²) < 4.78 is 0.941. The van der Waals surface area contributed by atoms with Crippen molar-refractivity contribution >= 4 is 44.2 Å². The molecular formula is C20H19BrN4O2S. The molecule has 1 atom stereocenters. The number of nitrogens with zero attached hydrogens (tertiary/aromatic N) is 2. The van der Waals surface area contributed by atoms with Gasteiger partial charge in [0.25, 0.3) is 0 Å². The molecular weight excluding hydrogens is 440 g/mol. The van der Waals surface area contributed by atoms with Gasteiger partial charge in [-0.25, -0.2) is 0 Å². The van der Waals surface area contributed by atoms with Gasteiger partial charge in [0.1, 0.15) is 11.0 Å². The Morgan fingerprint density at radius 1 is 1.11 bits per heavy atom. The Morgan fingerprint density at radius 2 is 1.89 bits per heavy atom. The molecule has 0 aliphatic heterocycles. The molecule has 0 bridgehead atoms. The van der Waals surface area contributed by atoms with Crippen molar-refractivity contribution in [3.8, 4) is 10.6 Å². The predicted octanol–water partition coefficient (Wildman–Crippen LogP) is 4.04. The first-order chi connectivity index (χ1) is 13.5. The highest BCUT2D eigenvalue weighted by Crippen LogP contribution is 2.28. The van der Waals surface area contributed by atoms with Gasteiger partial charge < -0.3 is 5.32 Å². The van der Waals surface area contributed by atoms with Crippen LogP contribution in [-0.2, 0) is 16.0 Å². The lowest BCUT2D eigenvalue weighted by Crippen LogP contribution is -2.45. The molecule has 1 aromatic heterocycles. The maximum atomic E-state index is 12.8. The number of carbonyl (C=O) groups excluding carboxylic acids is 2. The fourth-order valence-corrected chi connectivity index (χ4v) is 3.70. The normalized spacial score (nSPS) is 11.6. The summed E-state index contributed by atoms with van der Waals surface area (Å²) in [6, 6.07) is 16.6. The van der Waals surface area contributed by atoms with Crippen molar-refractivity contribution in [1.82, 2.24) is 15.5 Å². The van der Waals surface area contributed by atoms with Gasteiger partial charge in [-0.15, -0.1) is 10.2 Å². The van der Waals surface area contributed by atoms with E-state index >= 15 is 0 Å². The lowest BCUT2D eigenvalue weighted by Gasteiger charge is -2.17. The van der Waals surface area contributed by atoms with Crippen molar-refractivity contribution in [3.63, 3.8) is 0 Å². The van der Waals surface area contributed by atoms with Crippen molar-refractivity contribution in [2.45, 2.75) is 25.8 Å².